The first-order valence-electron chi connectivity index (χ1n) is 5.60. The summed E-state index contributed by atoms with van der Waals surface area (Å²) >= 11 is 4.79. The lowest BCUT2D eigenvalue weighted by molar-refractivity contribution is 0.318. The Balaban J connectivity index is 2.13. The van der Waals surface area contributed by atoms with Crippen LogP contribution in [0, 0.1) is 5.82 Å². The molecule has 7 heteroatoms. The predicted molar refractivity (Wildman–Crippen MR) is 80.4 cm³/mol. The van der Waals surface area contributed by atoms with Crippen LogP contribution in [0.2, 0.25) is 0 Å². The van der Waals surface area contributed by atoms with Crippen molar-refractivity contribution >= 4 is 33.5 Å². The number of pyridine rings is 1. The summed E-state index contributed by atoms with van der Waals surface area (Å²) in [4.78, 5) is 4.22. The van der Waals surface area contributed by atoms with E-state index in [1.54, 1.807) is 12.3 Å². The summed E-state index contributed by atoms with van der Waals surface area (Å²) < 4.78 is 14.4. The molecule has 0 aliphatic carbocycles. The molecule has 1 heterocycles. The van der Waals surface area contributed by atoms with Gasteiger partial charge in [0.15, 0.2) is 5.84 Å². The zero-order valence-corrected chi connectivity index (χ0v) is 12.7. The molecule has 0 spiro atoms. The quantitative estimate of drug-likeness (QED) is 0.290. The van der Waals surface area contributed by atoms with Crippen LogP contribution in [-0.2, 0) is 5.75 Å². The number of aromatic nitrogens is 1. The van der Waals surface area contributed by atoms with Crippen molar-refractivity contribution in [3.05, 3.63) is 57.9 Å². The topological polar surface area (TPSA) is 71.5 Å². The fraction of sp³-hybridized carbons (Fsp3) is 0.0769. The van der Waals surface area contributed by atoms with Crippen molar-refractivity contribution in [3.63, 3.8) is 0 Å². The number of benzene rings is 1. The molecule has 20 heavy (non-hydrogen) atoms. The smallest absolute Gasteiger partial charge is 0.170 e. The van der Waals surface area contributed by atoms with Gasteiger partial charge in [0.05, 0.1) is 5.03 Å². The fourth-order valence-corrected chi connectivity index (χ4v) is 2.55. The lowest BCUT2D eigenvalue weighted by atomic mass is 10.1. The molecule has 2 rings (SSSR count). The van der Waals surface area contributed by atoms with Gasteiger partial charge in [-0.2, -0.15) is 0 Å². The second-order valence-electron chi connectivity index (χ2n) is 3.94. The Kier molecular flexibility index (Phi) is 4.97. The lowest BCUT2D eigenvalue weighted by Gasteiger charge is -2.05. The van der Waals surface area contributed by atoms with Crippen LogP contribution in [0.25, 0.3) is 0 Å². The van der Waals surface area contributed by atoms with Crippen LogP contribution in [0.15, 0.2) is 51.2 Å². The van der Waals surface area contributed by atoms with E-state index < -0.39 is 5.82 Å². The van der Waals surface area contributed by atoms with E-state index >= 15 is 0 Å². The minimum absolute atomic E-state index is 0.113. The van der Waals surface area contributed by atoms with Gasteiger partial charge in [-0.1, -0.05) is 5.16 Å². The molecule has 4 nitrogen and oxygen atoms in total. The molecule has 0 saturated carbocycles. The Labute approximate surface area is 128 Å². The molecule has 1 aromatic carbocycles. The van der Waals surface area contributed by atoms with E-state index in [-0.39, 0.29) is 5.84 Å². The Hall–Kier alpha value is -1.60. The van der Waals surface area contributed by atoms with Crippen molar-refractivity contribution in [1.82, 2.24) is 4.98 Å². The number of rotatable bonds is 4. The molecule has 0 saturated heterocycles. The van der Waals surface area contributed by atoms with Gasteiger partial charge in [-0.3, -0.25) is 0 Å². The standard InChI is InChI=1S/C13H11BrFN3OS/c14-10-1-2-12(17-6-10)20-7-8-3-9(13(16)18-19)5-11(15)4-8/h1-6,19H,7H2,(H2,16,18). The van der Waals surface area contributed by atoms with Crippen molar-refractivity contribution in [2.45, 2.75) is 10.8 Å². The lowest BCUT2D eigenvalue weighted by Crippen LogP contribution is -2.13. The van der Waals surface area contributed by atoms with Gasteiger partial charge < -0.3 is 10.9 Å². The number of nitrogens with two attached hydrogens (primary N) is 1. The first-order valence-corrected chi connectivity index (χ1v) is 7.38. The normalized spacial score (nSPS) is 11.6. The van der Waals surface area contributed by atoms with Crippen LogP contribution in [0.5, 0.6) is 0 Å². The van der Waals surface area contributed by atoms with Crippen LogP contribution in [0.1, 0.15) is 11.1 Å². The maximum atomic E-state index is 13.5. The van der Waals surface area contributed by atoms with Gasteiger partial charge >= 0.3 is 0 Å². The molecule has 0 atom stereocenters. The highest BCUT2D eigenvalue weighted by atomic mass is 79.9. The zero-order chi connectivity index (χ0) is 14.5. The van der Waals surface area contributed by atoms with E-state index in [2.05, 4.69) is 26.1 Å². The van der Waals surface area contributed by atoms with Crippen molar-refractivity contribution in [1.29, 1.82) is 0 Å². The average Bonchev–Trinajstić information content (AvgIpc) is 2.45. The van der Waals surface area contributed by atoms with Crippen molar-refractivity contribution in [2.75, 3.05) is 0 Å². The maximum absolute atomic E-state index is 13.5. The van der Waals surface area contributed by atoms with Crippen molar-refractivity contribution in [3.8, 4) is 0 Å². The van der Waals surface area contributed by atoms with Gasteiger partial charge in [-0.25, -0.2) is 9.37 Å². The number of amidine groups is 1. The van der Waals surface area contributed by atoms with Crippen LogP contribution in [0.4, 0.5) is 4.39 Å². The number of hydrogen-bond acceptors (Lipinski definition) is 4. The molecule has 1 aromatic heterocycles. The first kappa shape index (κ1) is 14.8. The molecular formula is C13H11BrFN3OS. The SMILES string of the molecule is N/C(=N/O)c1cc(F)cc(CSc2ccc(Br)cn2)c1. The Morgan fingerprint density at radius 2 is 2.20 bits per heavy atom. The average molecular weight is 356 g/mol. The van der Waals surface area contributed by atoms with Gasteiger partial charge in [0.25, 0.3) is 0 Å². The van der Waals surface area contributed by atoms with E-state index in [9.17, 15) is 4.39 Å². The molecule has 0 fully saturated rings. The summed E-state index contributed by atoms with van der Waals surface area (Å²) in [6.07, 6.45) is 1.70. The summed E-state index contributed by atoms with van der Waals surface area (Å²) in [5.41, 5.74) is 6.56. The van der Waals surface area contributed by atoms with Crippen LogP contribution in [0.3, 0.4) is 0 Å². The van der Waals surface area contributed by atoms with Crippen LogP contribution in [-0.4, -0.2) is 16.0 Å². The van der Waals surface area contributed by atoms with E-state index in [4.69, 9.17) is 10.9 Å². The molecule has 0 aliphatic rings. The zero-order valence-electron chi connectivity index (χ0n) is 10.3. The maximum Gasteiger partial charge on any atom is 0.170 e. The molecule has 0 radical (unpaired) electrons. The summed E-state index contributed by atoms with van der Waals surface area (Å²) in [5, 5.41) is 12.3. The number of hydrogen-bond donors (Lipinski definition) is 2. The third-order valence-electron chi connectivity index (χ3n) is 2.45. The Bertz CT molecular complexity index is 634. The minimum atomic E-state index is -0.423. The molecule has 0 aliphatic heterocycles. The van der Waals surface area contributed by atoms with Gasteiger partial charge in [0.1, 0.15) is 5.82 Å². The molecule has 0 bridgehead atoms. The summed E-state index contributed by atoms with van der Waals surface area (Å²) in [6, 6.07) is 8.09. The second-order valence-corrected chi connectivity index (χ2v) is 5.85. The highest BCUT2D eigenvalue weighted by molar-refractivity contribution is 9.10. The first-order chi connectivity index (χ1) is 9.58. The second kappa shape index (κ2) is 6.71. The van der Waals surface area contributed by atoms with Crippen LogP contribution < -0.4 is 5.73 Å². The summed E-state index contributed by atoms with van der Waals surface area (Å²) in [7, 11) is 0. The van der Waals surface area contributed by atoms with Gasteiger partial charge in [0, 0.05) is 22.0 Å². The summed E-state index contributed by atoms with van der Waals surface area (Å²) in [6.45, 7) is 0. The van der Waals surface area contributed by atoms with E-state index in [1.807, 2.05) is 12.1 Å². The summed E-state index contributed by atoms with van der Waals surface area (Å²) in [5.74, 6) is 0.00365. The third-order valence-corrected chi connectivity index (χ3v) is 3.93. The molecule has 104 valence electrons. The number of nitrogens with zero attached hydrogens (tertiary/aromatic N) is 2. The molecule has 0 amide bonds. The Morgan fingerprint density at radius 3 is 2.85 bits per heavy atom. The highest BCUT2D eigenvalue weighted by Gasteiger charge is 2.06. The van der Waals surface area contributed by atoms with E-state index in [1.165, 1.54) is 23.9 Å². The largest absolute Gasteiger partial charge is 0.409 e. The number of thioether (sulfide) groups is 1. The van der Waals surface area contributed by atoms with Gasteiger partial charge in [-0.05, 0) is 51.8 Å². The van der Waals surface area contributed by atoms with Gasteiger partial charge in [0.2, 0.25) is 0 Å². The monoisotopic (exact) mass is 355 g/mol. The van der Waals surface area contributed by atoms with Crippen LogP contribution >= 0.6 is 27.7 Å². The molecule has 0 unspecified atom stereocenters. The van der Waals surface area contributed by atoms with Crippen molar-refractivity contribution < 1.29 is 9.60 Å². The number of halogens is 2. The Morgan fingerprint density at radius 1 is 1.40 bits per heavy atom. The van der Waals surface area contributed by atoms with Gasteiger partial charge in [-0.15, -0.1) is 11.8 Å². The predicted octanol–water partition coefficient (Wildman–Crippen LogP) is 3.37. The van der Waals surface area contributed by atoms with Crippen molar-refractivity contribution in [2.24, 2.45) is 10.9 Å². The minimum Gasteiger partial charge on any atom is -0.409 e. The van der Waals surface area contributed by atoms with E-state index in [0.29, 0.717) is 11.3 Å². The molecule has 2 aromatic rings. The third kappa shape index (κ3) is 3.94. The van der Waals surface area contributed by atoms with E-state index in [0.717, 1.165) is 15.1 Å². The fourth-order valence-electron chi connectivity index (χ4n) is 1.54. The highest BCUT2D eigenvalue weighted by Crippen LogP contribution is 2.23. The number of oxime groups is 1. The molecular weight excluding hydrogens is 345 g/mol. The molecule has 3 N–H and O–H groups in total.